The van der Waals surface area contributed by atoms with Crippen LogP contribution in [-0.2, 0) is 13.0 Å². The first kappa shape index (κ1) is 18.2. The zero-order valence-corrected chi connectivity index (χ0v) is 16.0. The highest BCUT2D eigenvalue weighted by atomic mass is 35.5. The smallest absolute Gasteiger partial charge is 0.318 e. The summed E-state index contributed by atoms with van der Waals surface area (Å²) in [5.74, 6) is 0. The van der Waals surface area contributed by atoms with Gasteiger partial charge in [0.2, 0.25) is 0 Å². The van der Waals surface area contributed by atoms with Crippen LogP contribution in [0.4, 0.5) is 4.79 Å². The van der Waals surface area contributed by atoms with Gasteiger partial charge in [-0.05, 0) is 47.9 Å². The number of amides is 2. The molecule has 5 nitrogen and oxygen atoms in total. The minimum Gasteiger partial charge on any atom is -0.394 e. The van der Waals surface area contributed by atoms with Gasteiger partial charge in [-0.3, -0.25) is 0 Å². The van der Waals surface area contributed by atoms with Crippen molar-refractivity contribution in [3.63, 3.8) is 0 Å². The van der Waals surface area contributed by atoms with Crippen molar-refractivity contribution in [2.24, 2.45) is 0 Å². The number of carbonyl (C=O) groups is 1. The monoisotopic (exact) mass is 403 g/mol. The van der Waals surface area contributed by atoms with E-state index in [1.165, 1.54) is 0 Å². The molecule has 1 atom stereocenters. The lowest BCUT2D eigenvalue weighted by atomic mass is 9.98. The van der Waals surface area contributed by atoms with Crippen LogP contribution in [-0.4, -0.2) is 34.2 Å². The largest absolute Gasteiger partial charge is 0.394 e. The highest BCUT2D eigenvalue weighted by Gasteiger charge is 2.32. The van der Waals surface area contributed by atoms with Crippen LogP contribution in [0.3, 0.4) is 0 Å². The lowest BCUT2D eigenvalue weighted by Gasteiger charge is -2.34. The number of nitrogens with zero attached hydrogens (tertiary/aromatic N) is 1. The number of H-pyrrole nitrogens is 1. The van der Waals surface area contributed by atoms with Gasteiger partial charge >= 0.3 is 6.03 Å². The molecular weight excluding hydrogens is 385 g/mol. The molecule has 7 heteroatoms. The van der Waals surface area contributed by atoms with Gasteiger partial charge in [-0.1, -0.05) is 35.3 Å². The van der Waals surface area contributed by atoms with Crippen LogP contribution < -0.4 is 5.32 Å². The summed E-state index contributed by atoms with van der Waals surface area (Å²) < 4.78 is 0. The van der Waals surface area contributed by atoms with Crippen LogP contribution >= 0.6 is 23.2 Å². The fourth-order valence-corrected chi connectivity index (χ4v) is 4.08. The molecule has 1 aliphatic rings. The molecule has 0 fully saturated rings. The molecule has 140 valence electrons. The highest BCUT2D eigenvalue weighted by molar-refractivity contribution is 6.31. The van der Waals surface area contributed by atoms with Crippen molar-refractivity contribution in [3.8, 4) is 0 Å². The van der Waals surface area contributed by atoms with E-state index in [2.05, 4.69) is 10.3 Å². The minimum absolute atomic E-state index is 0.155. The molecule has 0 radical (unpaired) electrons. The van der Waals surface area contributed by atoms with E-state index in [1.807, 2.05) is 36.4 Å². The summed E-state index contributed by atoms with van der Waals surface area (Å²) in [4.78, 5) is 17.8. The number of aliphatic hydroxyl groups is 1. The quantitative estimate of drug-likeness (QED) is 0.610. The summed E-state index contributed by atoms with van der Waals surface area (Å²) in [5.41, 5.74) is 3.88. The van der Waals surface area contributed by atoms with E-state index in [9.17, 15) is 9.90 Å². The molecular formula is C20H19Cl2N3O2. The van der Waals surface area contributed by atoms with Crippen LogP contribution in [0.15, 0.2) is 42.5 Å². The molecule has 0 saturated heterocycles. The third-order valence-electron chi connectivity index (χ3n) is 4.98. The molecule has 27 heavy (non-hydrogen) atoms. The van der Waals surface area contributed by atoms with Gasteiger partial charge in [0.1, 0.15) is 0 Å². The van der Waals surface area contributed by atoms with Crippen LogP contribution in [0.25, 0.3) is 10.9 Å². The van der Waals surface area contributed by atoms with Crippen molar-refractivity contribution >= 4 is 40.1 Å². The topological polar surface area (TPSA) is 68.4 Å². The molecule has 0 aliphatic carbocycles. The average Bonchev–Trinajstić information content (AvgIpc) is 3.03. The van der Waals surface area contributed by atoms with Gasteiger partial charge < -0.3 is 20.3 Å². The third-order valence-corrected chi connectivity index (χ3v) is 5.45. The molecule has 2 amide bonds. The second kappa shape index (κ2) is 7.43. The number of nitrogens with one attached hydrogen (secondary N) is 2. The average molecular weight is 404 g/mol. The van der Waals surface area contributed by atoms with E-state index in [1.54, 1.807) is 11.0 Å². The van der Waals surface area contributed by atoms with E-state index in [-0.39, 0.29) is 12.6 Å². The normalized spacial score (nSPS) is 16.4. The van der Waals surface area contributed by atoms with Gasteiger partial charge in [-0.2, -0.15) is 0 Å². The molecule has 4 rings (SSSR count). The number of rotatable bonds is 3. The highest BCUT2D eigenvalue weighted by Crippen LogP contribution is 2.35. The summed E-state index contributed by atoms with van der Waals surface area (Å²) in [6.45, 7) is 0.750. The summed E-state index contributed by atoms with van der Waals surface area (Å²) in [5, 5.41) is 15.2. The Labute approximate surface area is 166 Å². The fraction of sp³-hybridized carbons (Fsp3) is 0.250. The first-order chi connectivity index (χ1) is 13.1. The maximum atomic E-state index is 12.7. The Hall–Kier alpha value is -2.21. The number of urea groups is 1. The lowest BCUT2D eigenvalue weighted by Crippen LogP contribution is -2.46. The van der Waals surface area contributed by atoms with Crippen LogP contribution in [0, 0.1) is 0 Å². The van der Waals surface area contributed by atoms with Gasteiger partial charge in [0.15, 0.2) is 0 Å². The Morgan fingerprint density at radius 3 is 2.81 bits per heavy atom. The van der Waals surface area contributed by atoms with E-state index in [0.717, 1.165) is 27.7 Å². The predicted molar refractivity (Wildman–Crippen MR) is 107 cm³/mol. The molecule has 1 unspecified atom stereocenters. The molecule has 0 bridgehead atoms. The standard InChI is InChI=1S/C20H19Cl2N3O2/c21-13-3-1-2-12(8-13)10-23-20(27)25-7-6-15-16-9-14(22)4-5-17(16)24-19(15)18(25)11-26/h1-5,8-9,18,24,26H,6-7,10-11H2,(H,23,27). The zero-order chi connectivity index (χ0) is 19.0. The Morgan fingerprint density at radius 1 is 1.22 bits per heavy atom. The van der Waals surface area contributed by atoms with E-state index >= 15 is 0 Å². The summed E-state index contributed by atoms with van der Waals surface area (Å²) >= 11 is 12.1. The second-order valence-electron chi connectivity index (χ2n) is 6.64. The minimum atomic E-state index is -0.417. The number of hydrogen-bond acceptors (Lipinski definition) is 2. The predicted octanol–water partition coefficient (Wildman–Crippen LogP) is 4.28. The second-order valence-corrected chi connectivity index (χ2v) is 7.51. The molecule has 0 saturated carbocycles. The van der Waals surface area contributed by atoms with Crippen LogP contribution in [0.1, 0.15) is 22.9 Å². The van der Waals surface area contributed by atoms with Gasteiger partial charge in [0, 0.05) is 39.7 Å². The number of benzene rings is 2. The van der Waals surface area contributed by atoms with Crippen LogP contribution in [0.5, 0.6) is 0 Å². The summed E-state index contributed by atoms with van der Waals surface area (Å²) in [6.07, 6.45) is 0.705. The fourth-order valence-electron chi connectivity index (χ4n) is 3.70. The van der Waals surface area contributed by atoms with Crippen molar-refractivity contribution in [2.45, 2.75) is 19.0 Å². The van der Waals surface area contributed by atoms with Crippen molar-refractivity contribution in [1.82, 2.24) is 15.2 Å². The van der Waals surface area contributed by atoms with Gasteiger partial charge in [0.25, 0.3) is 0 Å². The number of fused-ring (bicyclic) bond motifs is 3. The van der Waals surface area contributed by atoms with E-state index < -0.39 is 6.04 Å². The molecule has 3 aromatic rings. The van der Waals surface area contributed by atoms with Gasteiger partial charge in [-0.25, -0.2) is 4.79 Å². The Bertz CT molecular complexity index is 1000. The number of aliphatic hydroxyl groups excluding tert-OH is 1. The molecule has 1 aromatic heterocycles. The number of aromatic nitrogens is 1. The van der Waals surface area contributed by atoms with E-state index in [4.69, 9.17) is 23.2 Å². The third kappa shape index (κ3) is 3.50. The van der Waals surface area contributed by atoms with Gasteiger partial charge in [0.05, 0.1) is 12.6 Å². The maximum absolute atomic E-state index is 12.7. The summed E-state index contributed by atoms with van der Waals surface area (Å²) in [7, 11) is 0. The molecule has 1 aliphatic heterocycles. The number of hydrogen-bond donors (Lipinski definition) is 3. The Morgan fingerprint density at radius 2 is 2.04 bits per heavy atom. The lowest BCUT2D eigenvalue weighted by molar-refractivity contribution is 0.125. The number of carbonyl (C=O) groups excluding carboxylic acids is 1. The number of halogens is 2. The molecule has 3 N–H and O–H groups in total. The van der Waals surface area contributed by atoms with Crippen molar-refractivity contribution in [1.29, 1.82) is 0 Å². The SMILES string of the molecule is O=C(NCc1cccc(Cl)c1)N1CCc2c([nH]c3ccc(Cl)cc23)C1CO. The van der Waals surface area contributed by atoms with Crippen LogP contribution in [0.2, 0.25) is 10.0 Å². The molecule has 0 spiro atoms. The first-order valence-electron chi connectivity index (χ1n) is 8.76. The molecule has 2 aromatic carbocycles. The van der Waals surface area contributed by atoms with E-state index in [0.29, 0.717) is 29.6 Å². The first-order valence-corrected chi connectivity index (χ1v) is 9.52. The Kier molecular flexibility index (Phi) is 5.00. The Balaban J connectivity index is 1.56. The maximum Gasteiger partial charge on any atom is 0.318 e. The zero-order valence-electron chi connectivity index (χ0n) is 14.5. The molecule has 2 heterocycles. The number of aromatic amines is 1. The van der Waals surface area contributed by atoms with Crippen molar-refractivity contribution in [3.05, 3.63) is 69.3 Å². The van der Waals surface area contributed by atoms with Gasteiger partial charge in [-0.15, -0.1) is 0 Å². The van der Waals surface area contributed by atoms with Crippen molar-refractivity contribution in [2.75, 3.05) is 13.2 Å². The van der Waals surface area contributed by atoms with Crippen molar-refractivity contribution < 1.29 is 9.90 Å². The summed E-state index contributed by atoms with van der Waals surface area (Å²) in [6, 6.07) is 12.4.